The van der Waals surface area contributed by atoms with Gasteiger partial charge in [-0.2, -0.15) is 9.97 Å². The lowest BCUT2D eigenvalue weighted by molar-refractivity contribution is 0.565. The molecule has 0 aliphatic rings. The molecule has 1 rings (SSSR count). The summed E-state index contributed by atoms with van der Waals surface area (Å²) in [4.78, 5) is 23.2. The Bertz CT molecular complexity index is 279. The summed E-state index contributed by atoms with van der Waals surface area (Å²) in [5.74, 6) is 0.00602. The Kier molecular flexibility index (Phi) is 1.67. The zero-order valence-corrected chi connectivity index (χ0v) is 4.85. The van der Waals surface area contributed by atoms with Crippen LogP contribution in [0.25, 0.3) is 0 Å². The maximum atomic E-state index is 9.65. The summed E-state index contributed by atoms with van der Waals surface area (Å²) in [6.45, 7) is 0. The van der Waals surface area contributed by atoms with Crippen molar-refractivity contribution in [3.8, 4) is 0 Å². The van der Waals surface area contributed by atoms with E-state index in [1.54, 1.807) is 0 Å². The number of aromatic nitrogens is 3. The van der Waals surface area contributed by atoms with Crippen molar-refractivity contribution in [1.82, 2.24) is 15.0 Å². The standard InChI is InChI=1S/C4H3N5O/c5-3-6-1-7-4(9-3)8-2-10/h1H,(H2,5,6,7,9). The number of aliphatic imine (C=N–C) groups is 1. The first-order chi connectivity index (χ1) is 4.83. The van der Waals surface area contributed by atoms with Crippen LogP contribution in [-0.4, -0.2) is 21.0 Å². The fourth-order valence-corrected chi connectivity index (χ4v) is 0.395. The molecule has 0 saturated heterocycles. The molecule has 6 nitrogen and oxygen atoms in total. The molecule has 1 heterocycles. The Hall–Kier alpha value is -1.81. The summed E-state index contributed by atoms with van der Waals surface area (Å²) >= 11 is 0. The quantitative estimate of drug-likeness (QED) is 0.412. The molecule has 50 valence electrons. The van der Waals surface area contributed by atoms with Gasteiger partial charge in [0.1, 0.15) is 6.33 Å². The summed E-state index contributed by atoms with van der Waals surface area (Å²) < 4.78 is 0. The first-order valence-electron chi connectivity index (χ1n) is 2.35. The van der Waals surface area contributed by atoms with Gasteiger partial charge in [0.2, 0.25) is 12.0 Å². The topological polar surface area (TPSA) is 94.1 Å². The molecule has 0 aliphatic heterocycles. The molecule has 1 aromatic rings. The van der Waals surface area contributed by atoms with Crippen LogP contribution in [0, 0.1) is 0 Å². The molecule has 0 fully saturated rings. The maximum absolute atomic E-state index is 9.65. The van der Waals surface area contributed by atoms with E-state index in [0.717, 1.165) is 0 Å². The first-order valence-corrected chi connectivity index (χ1v) is 2.35. The van der Waals surface area contributed by atoms with E-state index in [9.17, 15) is 4.79 Å². The second-order valence-corrected chi connectivity index (χ2v) is 1.35. The average molecular weight is 137 g/mol. The Morgan fingerprint density at radius 1 is 1.60 bits per heavy atom. The van der Waals surface area contributed by atoms with E-state index in [-0.39, 0.29) is 11.9 Å². The second-order valence-electron chi connectivity index (χ2n) is 1.35. The third kappa shape index (κ3) is 1.33. The molecule has 0 amide bonds. The van der Waals surface area contributed by atoms with Crippen LogP contribution in [0.15, 0.2) is 11.3 Å². The van der Waals surface area contributed by atoms with Gasteiger partial charge in [-0.05, 0) is 0 Å². The molecule has 0 atom stereocenters. The van der Waals surface area contributed by atoms with Crippen LogP contribution < -0.4 is 5.73 Å². The lowest BCUT2D eigenvalue weighted by Gasteiger charge is -1.87. The van der Waals surface area contributed by atoms with Gasteiger partial charge < -0.3 is 5.73 Å². The highest BCUT2D eigenvalue weighted by atomic mass is 16.1. The van der Waals surface area contributed by atoms with Gasteiger partial charge in [0, 0.05) is 0 Å². The monoisotopic (exact) mass is 137 g/mol. The number of hydrogen-bond acceptors (Lipinski definition) is 6. The molecular formula is C4H3N5O. The van der Waals surface area contributed by atoms with E-state index in [1.807, 2.05) is 0 Å². The highest BCUT2D eigenvalue weighted by Gasteiger charge is 1.91. The number of rotatable bonds is 1. The SMILES string of the molecule is Nc1ncnc(N=C=O)n1. The van der Waals surface area contributed by atoms with E-state index >= 15 is 0 Å². The Morgan fingerprint density at radius 2 is 2.40 bits per heavy atom. The maximum Gasteiger partial charge on any atom is 0.265 e. The van der Waals surface area contributed by atoms with Crippen molar-refractivity contribution in [2.24, 2.45) is 4.99 Å². The summed E-state index contributed by atoms with van der Waals surface area (Å²) in [7, 11) is 0. The molecule has 0 aliphatic carbocycles. The highest BCUT2D eigenvalue weighted by molar-refractivity contribution is 5.41. The summed E-state index contributed by atoms with van der Waals surface area (Å²) in [5.41, 5.74) is 5.14. The van der Waals surface area contributed by atoms with E-state index in [2.05, 4.69) is 19.9 Å². The molecule has 0 radical (unpaired) electrons. The van der Waals surface area contributed by atoms with Crippen LogP contribution in [0.2, 0.25) is 0 Å². The third-order valence-corrected chi connectivity index (χ3v) is 0.723. The molecule has 0 unspecified atom stereocenters. The van der Waals surface area contributed by atoms with Gasteiger partial charge in [0.05, 0.1) is 0 Å². The summed E-state index contributed by atoms with van der Waals surface area (Å²) in [5, 5.41) is 0. The van der Waals surface area contributed by atoms with Gasteiger partial charge in [-0.1, -0.05) is 0 Å². The zero-order valence-electron chi connectivity index (χ0n) is 4.85. The van der Waals surface area contributed by atoms with Crippen molar-refractivity contribution >= 4 is 18.0 Å². The van der Waals surface area contributed by atoms with Gasteiger partial charge in [0.25, 0.3) is 5.95 Å². The minimum absolute atomic E-state index is 0.0255. The van der Waals surface area contributed by atoms with Crippen LogP contribution in [0.3, 0.4) is 0 Å². The van der Waals surface area contributed by atoms with E-state index in [1.165, 1.54) is 12.4 Å². The fourth-order valence-electron chi connectivity index (χ4n) is 0.395. The lowest BCUT2D eigenvalue weighted by Crippen LogP contribution is -1.94. The minimum Gasteiger partial charge on any atom is -0.368 e. The number of nitrogens with zero attached hydrogens (tertiary/aromatic N) is 4. The molecule has 2 N–H and O–H groups in total. The second kappa shape index (κ2) is 2.65. The molecule has 0 aromatic carbocycles. The van der Waals surface area contributed by atoms with Crippen molar-refractivity contribution < 1.29 is 4.79 Å². The highest BCUT2D eigenvalue weighted by Crippen LogP contribution is 1.99. The minimum atomic E-state index is -0.0255. The van der Waals surface area contributed by atoms with Gasteiger partial charge in [-0.3, -0.25) is 0 Å². The number of isocyanates is 1. The molecule has 0 saturated carbocycles. The van der Waals surface area contributed by atoms with E-state index in [0.29, 0.717) is 0 Å². The fraction of sp³-hybridized carbons (Fsp3) is 0. The molecule has 0 bridgehead atoms. The van der Waals surface area contributed by atoms with E-state index < -0.39 is 0 Å². The Morgan fingerprint density at radius 3 is 3.00 bits per heavy atom. The molecule has 0 spiro atoms. The van der Waals surface area contributed by atoms with E-state index in [4.69, 9.17) is 5.73 Å². The number of hydrogen-bond donors (Lipinski definition) is 1. The smallest absolute Gasteiger partial charge is 0.265 e. The molecule has 10 heavy (non-hydrogen) atoms. The van der Waals surface area contributed by atoms with Crippen LogP contribution in [0.1, 0.15) is 0 Å². The Balaban J connectivity index is 3.06. The molecular weight excluding hydrogens is 134 g/mol. The predicted octanol–water partition coefficient (Wildman–Crippen LogP) is -0.579. The zero-order chi connectivity index (χ0) is 7.40. The largest absolute Gasteiger partial charge is 0.368 e. The van der Waals surface area contributed by atoms with Gasteiger partial charge in [-0.15, -0.1) is 4.99 Å². The average Bonchev–Trinajstić information content (AvgIpc) is 1.88. The van der Waals surface area contributed by atoms with Crippen LogP contribution in [0.5, 0.6) is 0 Å². The van der Waals surface area contributed by atoms with Crippen LogP contribution >= 0.6 is 0 Å². The summed E-state index contributed by atoms with van der Waals surface area (Å²) in [6, 6.07) is 0. The number of carbonyl (C=O) groups excluding carboxylic acids is 1. The first kappa shape index (κ1) is 6.31. The van der Waals surface area contributed by atoms with Gasteiger partial charge in [-0.25, -0.2) is 9.78 Å². The van der Waals surface area contributed by atoms with Crippen LogP contribution in [-0.2, 0) is 4.79 Å². The summed E-state index contributed by atoms with van der Waals surface area (Å²) in [6.07, 6.45) is 2.44. The van der Waals surface area contributed by atoms with Crippen molar-refractivity contribution in [3.63, 3.8) is 0 Å². The van der Waals surface area contributed by atoms with Crippen LogP contribution in [0.4, 0.5) is 11.9 Å². The predicted molar refractivity (Wildman–Crippen MR) is 32.0 cm³/mol. The van der Waals surface area contributed by atoms with Crippen molar-refractivity contribution in [2.75, 3.05) is 5.73 Å². The third-order valence-electron chi connectivity index (χ3n) is 0.723. The number of nitrogens with two attached hydrogens (primary N) is 1. The van der Waals surface area contributed by atoms with Crippen molar-refractivity contribution in [2.45, 2.75) is 0 Å². The number of nitrogen functional groups attached to an aromatic ring is 1. The van der Waals surface area contributed by atoms with Gasteiger partial charge >= 0.3 is 0 Å². The van der Waals surface area contributed by atoms with Crippen molar-refractivity contribution in [3.05, 3.63) is 6.33 Å². The van der Waals surface area contributed by atoms with Crippen molar-refractivity contribution in [1.29, 1.82) is 0 Å². The lowest BCUT2D eigenvalue weighted by atomic mass is 10.9. The molecule has 1 aromatic heterocycles. The molecule has 6 heteroatoms. The van der Waals surface area contributed by atoms with Gasteiger partial charge in [0.15, 0.2) is 0 Å². The normalized spacial score (nSPS) is 8.40. The Labute approximate surface area is 55.9 Å². The number of anilines is 1.